The van der Waals surface area contributed by atoms with Crippen LogP contribution in [-0.4, -0.2) is 0 Å². The number of aryl methyl sites for hydroxylation is 2. The third-order valence-electron chi connectivity index (χ3n) is 3.12. The molecule has 6 heteroatoms. The van der Waals surface area contributed by atoms with Gasteiger partial charge in [0.1, 0.15) is 0 Å². The van der Waals surface area contributed by atoms with Crippen LogP contribution in [0.4, 0.5) is 0 Å². The molecule has 19 heavy (non-hydrogen) atoms. The first kappa shape index (κ1) is 14.2. The highest BCUT2D eigenvalue weighted by Gasteiger charge is 2.18. The van der Waals surface area contributed by atoms with Gasteiger partial charge in [-0.15, -0.1) is 10.2 Å². The molecule has 0 unspecified atom stereocenters. The zero-order valence-corrected chi connectivity index (χ0v) is 11.0. The second-order valence-corrected chi connectivity index (χ2v) is 5.14. The lowest BCUT2D eigenvalue weighted by Crippen LogP contribution is -2.68. The van der Waals surface area contributed by atoms with Gasteiger partial charge < -0.3 is 0 Å². The van der Waals surface area contributed by atoms with E-state index in [0.29, 0.717) is 0 Å². The maximum Gasteiger partial charge on any atom is 0.210 e. The summed E-state index contributed by atoms with van der Waals surface area (Å²) < 4.78 is 36.3. The van der Waals surface area contributed by atoms with Crippen molar-refractivity contribution in [3.8, 4) is 0 Å². The molecule has 0 aromatic carbocycles. The van der Waals surface area contributed by atoms with Crippen molar-refractivity contribution < 1.29 is 33.3 Å². The second-order valence-electron chi connectivity index (χ2n) is 4.39. The van der Waals surface area contributed by atoms with Crippen molar-refractivity contribution in [2.75, 3.05) is 0 Å². The average molecular weight is 284 g/mol. The minimum atomic E-state index is -4.94. The molecule has 0 saturated carbocycles. The molecule has 0 saturated heterocycles. The summed E-state index contributed by atoms with van der Waals surface area (Å²) in [6.07, 6.45) is 7.37. The number of rotatable bonds is 0. The van der Waals surface area contributed by atoms with Crippen LogP contribution in [0.3, 0.4) is 0 Å². The molecular weight excluding hydrogens is 270 g/mol. The summed E-state index contributed by atoms with van der Waals surface area (Å²) in [5.41, 5.74) is 4.38. The number of fused-ring (bicyclic) bond motifs is 3. The van der Waals surface area contributed by atoms with Crippen molar-refractivity contribution in [2.45, 2.75) is 25.7 Å². The van der Waals surface area contributed by atoms with Gasteiger partial charge in [0, 0.05) is 30.2 Å². The van der Waals surface area contributed by atoms with Crippen LogP contribution in [0.5, 0.6) is 0 Å². The first-order valence-corrected chi connectivity index (χ1v) is 7.21. The molecule has 102 valence electrons. The fourth-order valence-corrected chi connectivity index (χ4v) is 2.39. The molecule has 2 aromatic rings. The Bertz CT molecular complexity index is 562. The Morgan fingerprint density at radius 1 is 0.895 bits per heavy atom. The van der Waals surface area contributed by atoms with Gasteiger partial charge in [-0.3, -0.25) is 0 Å². The zero-order valence-electron chi connectivity index (χ0n) is 10.3. The number of pyridine rings is 2. The standard InChI is InChI=1S/C13H14N.ClHO4/c1-2-7-13-11(5-1)8-9-12-6-3-4-10-14(12)13;2-1(3,4)5/h3-4,6,8-10H,1-2,5,7H2;(H,2,3,4,5)/q+1;/p-1. The van der Waals surface area contributed by atoms with Crippen molar-refractivity contribution >= 4 is 5.52 Å². The van der Waals surface area contributed by atoms with E-state index in [1.165, 1.54) is 36.9 Å². The van der Waals surface area contributed by atoms with Crippen molar-refractivity contribution in [2.24, 2.45) is 0 Å². The second kappa shape index (κ2) is 5.81. The zero-order chi connectivity index (χ0) is 13.9. The smallest absolute Gasteiger partial charge is 0.210 e. The van der Waals surface area contributed by atoms with Crippen molar-refractivity contribution in [3.63, 3.8) is 0 Å². The summed E-state index contributed by atoms with van der Waals surface area (Å²) in [5.74, 6) is 0. The highest BCUT2D eigenvalue weighted by atomic mass is 35.7. The van der Waals surface area contributed by atoms with Gasteiger partial charge in [-0.25, -0.2) is 18.6 Å². The van der Waals surface area contributed by atoms with Gasteiger partial charge in [0.15, 0.2) is 11.9 Å². The lowest BCUT2D eigenvalue weighted by atomic mass is 9.95. The summed E-state index contributed by atoms with van der Waals surface area (Å²) in [6, 6.07) is 10.9. The van der Waals surface area contributed by atoms with E-state index in [1.54, 1.807) is 5.56 Å². The van der Waals surface area contributed by atoms with Gasteiger partial charge in [0.2, 0.25) is 5.52 Å². The van der Waals surface area contributed by atoms with E-state index < -0.39 is 10.2 Å². The number of aromatic nitrogens is 1. The molecule has 5 nitrogen and oxygen atoms in total. The molecule has 0 amide bonds. The van der Waals surface area contributed by atoms with E-state index in [0.717, 1.165) is 0 Å². The van der Waals surface area contributed by atoms with Crippen molar-refractivity contribution in [1.29, 1.82) is 0 Å². The molecule has 1 aliphatic rings. The predicted molar refractivity (Wildman–Crippen MR) is 56.2 cm³/mol. The summed E-state index contributed by atoms with van der Waals surface area (Å²) in [5, 5.41) is 0. The molecule has 0 fully saturated rings. The van der Waals surface area contributed by atoms with Crippen LogP contribution in [-0.2, 0) is 12.8 Å². The van der Waals surface area contributed by atoms with Crippen LogP contribution >= 0.6 is 0 Å². The van der Waals surface area contributed by atoms with Crippen LogP contribution in [0.1, 0.15) is 24.1 Å². The number of nitrogens with zero attached hydrogens (tertiary/aromatic N) is 1. The van der Waals surface area contributed by atoms with E-state index in [9.17, 15) is 0 Å². The summed E-state index contributed by atoms with van der Waals surface area (Å²) in [4.78, 5) is 0. The minimum Gasteiger partial charge on any atom is -0.222 e. The van der Waals surface area contributed by atoms with Gasteiger partial charge in [-0.2, -0.15) is 4.40 Å². The minimum absolute atomic E-state index is 1.24. The normalized spacial score (nSPS) is 14.5. The fraction of sp³-hybridized carbons (Fsp3) is 0.308. The molecule has 0 radical (unpaired) electrons. The third kappa shape index (κ3) is 4.12. The van der Waals surface area contributed by atoms with E-state index in [2.05, 4.69) is 40.9 Å². The highest BCUT2D eigenvalue weighted by molar-refractivity contribution is 5.40. The van der Waals surface area contributed by atoms with Crippen LogP contribution in [0.2, 0.25) is 0 Å². The Kier molecular flexibility index (Phi) is 4.34. The van der Waals surface area contributed by atoms with Crippen molar-refractivity contribution in [3.05, 3.63) is 47.8 Å². The molecule has 2 aromatic heterocycles. The molecular formula is C13H14ClNO4. The van der Waals surface area contributed by atoms with Gasteiger partial charge >= 0.3 is 0 Å². The number of hydrogen-bond donors (Lipinski definition) is 0. The molecule has 0 aliphatic heterocycles. The molecule has 0 bridgehead atoms. The number of hydrogen-bond acceptors (Lipinski definition) is 4. The van der Waals surface area contributed by atoms with Crippen LogP contribution in [0.25, 0.3) is 5.52 Å². The Hall–Kier alpha value is -1.24. The van der Waals surface area contributed by atoms with Gasteiger partial charge in [0.05, 0.1) is 0 Å². The van der Waals surface area contributed by atoms with E-state index in [-0.39, 0.29) is 0 Å². The Labute approximate surface area is 113 Å². The molecule has 3 rings (SSSR count). The third-order valence-corrected chi connectivity index (χ3v) is 3.12. The van der Waals surface area contributed by atoms with E-state index in [4.69, 9.17) is 18.6 Å². The van der Waals surface area contributed by atoms with E-state index >= 15 is 0 Å². The topological polar surface area (TPSA) is 96.3 Å². The Morgan fingerprint density at radius 3 is 2.32 bits per heavy atom. The first-order chi connectivity index (χ1) is 8.95. The lowest BCUT2D eigenvalue weighted by Gasteiger charge is -2.17. The summed E-state index contributed by atoms with van der Waals surface area (Å²) in [7, 11) is -4.94. The predicted octanol–water partition coefficient (Wildman–Crippen LogP) is -2.45. The molecule has 0 spiro atoms. The summed E-state index contributed by atoms with van der Waals surface area (Å²) in [6.45, 7) is 0. The average Bonchev–Trinajstić information content (AvgIpc) is 2.37. The van der Waals surface area contributed by atoms with Crippen LogP contribution in [0.15, 0.2) is 36.5 Å². The maximum absolute atomic E-state index is 8.49. The van der Waals surface area contributed by atoms with Crippen LogP contribution < -0.4 is 23.0 Å². The van der Waals surface area contributed by atoms with Gasteiger partial charge in [-0.1, -0.05) is 0 Å². The SMILES string of the molecule is [O-][Cl+3]([O-])([O-])[O-].c1cc[n+]2c3c(ccc2c1)CCCC3. The van der Waals surface area contributed by atoms with Gasteiger partial charge in [-0.05, 0) is 31.4 Å². The highest BCUT2D eigenvalue weighted by Crippen LogP contribution is 2.18. The Balaban J connectivity index is 0.000000232. The molecule has 0 atom stereocenters. The first-order valence-electron chi connectivity index (χ1n) is 5.98. The van der Waals surface area contributed by atoms with E-state index in [1.807, 2.05) is 0 Å². The summed E-state index contributed by atoms with van der Waals surface area (Å²) >= 11 is 0. The lowest BCUT2D eigenvalue weighted by molar-refractivity contribution is -2.00. The number of halogens is 1. The van der Waals surface area contributed by atoms with Crippen molar-refractivity contribution in [1.82, 2.24) is 0 Å². The quantitative estimate of drug-likeness (QED) is 0.501. The molecule has 1 aliphatic carbocycles. The fourth-order valence-electron chi connectivity index (χ4n) is 2.39. The maximum atomic E-state index is 8.49. The van der Waals surface area contributed by atoms with Crippen LogP contribution in [0, 0.1) is 10.2 Å². The largest absolute Gasteiger partial charge is 0.222 e. The van der Waals surface area contributed by atoms with Gasteiger partial charge in [0.25, 0.3) is 0 Å². The monoisotopic (exact) mass is 283 g/mol. The molecule has 2 heterocycles. The molecule has 0 N–H and O–H groups in total. The Morgan fingerprint density at radius 2 is 1.58 bits per heavy atom.